The van der Waals surface area contributed by atoms with Gasteiger partial charge in [0.15, 0.2) is 0 Å². The number of nitrogens with zero attached hydrogens (tertiary/aromatic N) is 2. The number of aromatic nitrogens is 2. The molecule has 1 aromatic heterocycles. The molecule has 3 aromatic rings. The molecule has 0 radical (unpaired) electrons. The van der Waals surface area contributed by atoms with E-state index >= 15 is 0 Å². The second-order valence-corrected chi connectivity index (χ2v) is 10.7. The molecule has 8 heteroatoms. The molecule has 0 aliphatic carbocycles. The van der Waals surface area contributed by atoms with Gasteiger partial charge in [-0.05, 0) is 48.2 Å². The first-order valence-corrected chi connectivity index (χ1v) is 13.5. The van der Waals surface area contributed by atoms with E-state index in [1.807, 2.05) is 24.3 Å². The molecule has 2 aromatic carbocycles. The maximum Gasteiger partial charge on any atom is 0.293 e. The minimum atomic E-state index is -0.573. The fourth-order valence-electron chi connectivity index (χ4n) is 5.02. The van der Waals surface area contributed by atoms with E-state index in [1.54, 1.807) is 6.92 Å². The molecule has 2 aliphatic heterocycles. The van der Waals surface area contributed by atoms with E-state index in [9.17, 15) is 14.3 Å². The molecule has 2 saturated heterocycles. The van der Waals surface area contributed by atoms with Crippen molar-refractivity contribution in [2.75, 3.05) is 39.5 Å². The lowest BCUT2D eigenvalue weighted by Crippen LogP contribution is -2.53. The van der Waals surface area contributed by atoms with Gasteiger partial charge in [0.25, 0.3) is 5.56 Å². The minimum absolute atomic E-state index is 0.113. The first-order chi connectivity index (χ1) is 19.0. The Balaban J connectivity index is 1.20. The van der Waals surface area contributed by atoms with Gasteiger partial charge in [0.05, 0.1) is 25.2 Å². The summed E-state index contributed by atoms with van der Waals surface area (Å²) in [5.74, 6) is 7.54. The number of hydrogen-bond donors (Lipinski definition) is 3. The highest BCUT2D eigenvalue weighted by Crippen LogP contribution is 2.30. The summed E-state index contributed by atoms with van der Waals surface area (Å²) < 4.78 is 18.3. The smallest absolute Gasteiger partial charge is 0.293 e. The van der Waals surface area contributed by atoms with E-state index in [0.717, 1.165) is 48.3 Å². The molecule has 0 spiro atoms. The molecule has 0 saturated carbocycles. The van der Waals surface area contributed by atoms with E-state index in [2.05, 4.69) is 56.3 Å². The Bertz CT molecular complexity index is 1350. The summed E-state index contributed by atoms with van der Waals surface area (Å²) in [7, 11) is 0. The second-order valence-electron chi connectivity index (χ2n) is 10.7. The van der Waals surface area contributed by atoms with Gasteiger partial charge in [-0.3, -0.25) is 9.69 Å². The fraction of sp³-hybridized carbons (Fsp3) is 0.419. The lowest BCUT2D eigenvalue weighted by molar-refractivity contribution is -0.0996. The van der Waals surface area contributed by atoms with Gasteiger partial charge in [-0.15, -0.1) is 0 Å². The van der Waals surface area contributed by atoms with Crippen LogP contribution in [0.3, 0.4) is 0 Å². The normalized spacial score (nSPS) is 17.5. The summed E-state index contributed by atoms with van der Waals surface area (Å²) in [5, 5.41) is 13.3. The highest BCUT2D eigenvalue weighted by molar-refractivity contribution is 5.44. The third-order valence-corrected chi connectivity index (χ3v) is 7.70. The van der Waals surface area contributed by atoms with E-state index < -0.39 is 12.2 Å². The number of halogens is 1. The van der Waals surface area contributed by atoms with Crippen molar-refractivity contribution in [3.8, 4) is 17.6 Å². The van der Waals surface area contributed by atoms with E-state index in [4.69, 9.17) is 4.74 Å². The number of rotatable bonds is 10. The predicted octanol–water partition coefficient (Wildman–Crippen LogP) is 3.23. The third kappa shape index (κ3) is 6.93. The highest BCUT2D eigenvalue weighted by atomic mass is 19.1. The van der Waals surface area contributed by atoms with Crippen molar-refractivity contribution in [3.05, 3.63) is 93.2 Å². The van der Waals surface area contributed by atoms with Crippen molar-refractivity contribution in [1.29, 1.82) is 0 Å². The van der Waals surface area contributed by atoms with Crippen molar-refractivity contribution in [2.24, 2.45) is 11.8 Å². The van der Waals surface area contributed by atoms with Crippen LogP contribution in [0.5, 0.6) is 5.75 Å². The molecule has 3 heterocycles. The zero-order valence-electron chi connectivity index (χ0n) is 22.2. The number of aromatic hydroxyl groups is 1. The lowest BCUT2D eigenvalue weighted by atomic mass is 9.84. The van der Waals surface area contributed by atoms with Crippen molar-refractivity contribution in [2.45, 2.75) is 31.8 Å². The Morgan fingerprint density at radius 2 is 1.77 bits per heavy atom. The summed E-state index contributed by atoms with van der Waals surface area (Å²) in [6.07, 6.45) is 1.62. The number of likely N-dealkylation sites (tertiary alicyclic amines) is 1. The number of nitrogens with one attached hydrogen (secondary N) is 2. The Hall–Kier alpha value is -3.51. The van der Waals surface area contributed by atoms with Crippen molar-refractivity contribution >= 4 is 0 Å². The molecule has 0 amide bonds. The topological polar surface area (TPSA) is 90.5 Å². The molecule has 2 aliphatic rings. The Morgan fingerprint density at radius 3 is 2.38 bits per heavy atom. The maximum absolute atomic E-state index is 13.0. The van der Waals surface area contributed by atoms with Gasteiger partial charge < -0.3 is 20.1 Å². The van der Waals surface area contributed by atoms with E-state index in [0.29, 0.717) is 18.7 Å². The Labute approximate surface area is 228 Å². The maximum atomic E-state index is 13.0. The Kier molecular flexibility index (Phi) is 8.72. The number of H-pyrrole nitrogens is 1. The van der Waals surface area contributed by atoms with Crippen molar-refractivity contribution in [3.63, 3.8) is 0 Å². The number of aromatic amines is 1. The predicted molar refractivity (Wildman–Crippen MR) is 148 cm³/mol. The zero-order valence-corrected chi connectivity index (χ0v) is 22.2. The first-order valence-electron chi connectivity index (χ1n) is 13.5. The van der Waals surface area contributed by atoms with Crippen LogP contribution in [0.25, 0.3) is 0 Å². The molecule has 2 fully saturated rings. The molecular formula is C31H35FN4O3. The molecule has 3 N–H and O–H groups in total. The average Bonchev–Trinajstić information content (AvgIpc) is 2.90. The van der Waals surface area contributed by atoms with Crippen LogP contribution in [0, 0.1) is 23.7 Å². The summed E-state index contributed by atoms with van der Waals surface area (Å²) in [5.41, 5.74) is 3.88. The molecule has 39 heavy (non-hydrogen) atoms. The van der Waals surface area contributed by atoms with Crippen LogP contribution in [0.15, 0.2) is 59.7 Å². The summed E-state index contributed by atoms with van der Waals surface area (Å²) in [4.78, 5) is 20.8. The fourth-order valence-corrected chi connectivity index (χ4v) is 5.02. The molecule has 5 rings (SSSR count). The molecule has 7 nitrogen and oxygen atoms in total. The Morgan fingerprint density at radius 1 is 1.10 bits per heavy atom. The van der Waals surface area contributed by atoms with Crippen LogP contribution in [0.1, 0.15) is 40.8 Å². The largest absolute Gasteiger partial charge is 0.502 e. The van der Waals surface area contributed by atoms with Gasteiger partial charge in [-0.25, -0.2) is 9.37 Å². The highest BCUT2D eigenvalue weighted by Gasteiger charge is 2.36. The van der Waals surface area contributed by atoms with E-state index in [-0.39, 0.29) is 17.7 Å². The number of hydrogen-bond acceptors (Lipinski definition) is 6. The lowest BCUT2D eigenvalue weighted by Gasteiger charge is -2.46. The van der Waals surface area contributed by atoms with Gasteiger partial charge in [0, 0.05) is 61.6 Å². The van der Waals surface area contributed by atoms with Crippen molar-refractivity contribution in [1.82, 2.24) is 20.2 Å². The summed E-state index contributed by atoms with van der Waals surface area (Å²) in [6.45, 7) is 6.95. The average molecular weight is 531 g/mol. The van der Waals surface area contributed by atoms with Gasteiger partial charge in [-0.2, -0.15) is 0 Å². The quantitative estimate of drug-likeness (QED) is 0.349. The van der Waals surface area contributed by atoms with Crippen LogP contribution >= 0.6 is 0 Å². The molecular weight excluding hydrogens is 495 g/mol. The second kappa shape index (κ2) is 12.6. The third-order valence-electron chi connectivity index (χ3n) is 7.70. The standard InChI is InChI=1S/C31H35FN4O3/c1-21(13-32)33-14-26(12-29-30(37)31(38)35-20-34-29)25-10-8-23(9-11-25)3-2-22-4-6-24(7-5-22)15-36-16-27(17-36)28-18-39-19-28/h4-11,20-21,26-28,33,37H,12-19H2,1H3,(H,34,35,38)/t21-,26?/m0/s1. The molecule has 0 bridgehead atoms. The molecule has 1 unspecified atom stereocenters. The van der Waals surface area contributed by atoms with Gasteiger partial charge >= 0.3 is 0 Å². The van der Waals surface area contributed by atoms with Crippen LogP contribution < -0.4 is 10.9 Å². The minimum Gasteiger partial charge on any atom is -0.502 e. The molecule has 2 atom stereocenters. The number of alkyl halides is 1. The number of ether oxygens (including phenoxy) is 1. The van der Waals surface area contributed by atoms with Crippen LogP contribution in [-0.4, -0.2) is 65.5 Å². The SMILES string of the molecule is C[C@@H](CF)NCC(Cc1nc[nH]c(=O)c1O)c1ccc(C#Cc2ccc(CN3CC(C4COC4)C3)cc2)cc1. The van der Waals surface area contributed by atoms with Gasteiger partial charge in [0.1, 0.15) is 6.67 Å². The van der Waals surface area contributed by atoms with Crippen LogP contribution in [-0.2, 0) is 17.7 Å². The summed E-state index contributed by atoms with van der Waals surface area (Å²) >= 11 is 0. The van der Waals surface area contributed by atoms with Crippen molar-refractivity contribution < 1.29 is 14.2 Å². The monoisotopic (exact) mass is 530 g/mol. The van der Waals surface area contributed by atoms with Crippen LogP contribution in [0.2, 0.25) is 0 Å². The van der Waals surface area contributed by atoms with Gasteiger partial charge in [0.2, 0.25) is 5.75 Å². The summed E-state index contributed by atoms with van der Waals surface area (Å²) in [6, 6.07) is 16.0. The molecule has 204 valence electrons. The number of benzene rings is 2. The van der Waals surface area contributed by atoms with Gasteiger partial charge in [-0.1, -0.05) is 36.1 Å². The van der Waals surface area contributed by atoms with E-state index in [1.165, 1.54) is 25.0 Å². The zero-order chi connectivity index (χ0) is 27.2. The van der Waals surface area contributed by atoms with Crippen LogP contribution in [0.4, 0.5) is 4.39 Å². The first kappa shape index (κ1) is 27.1.